The van der Waals surface area contributed by atoms with Gasteiger partial charge in [0.1, 0.15) is 18.0 Å². The second-order valence-corrected chi connectivity index (χ2v) is 10.3. The second-order valence-electron chi connectivity index (χ2n) is 9.11. The van der Waals surface area contributed by atoms with Crippen LogP contribution in [-0.2, 0) is 16.1 Å². The highest BCUT2D eigenvalue weighted by Gasteiger charge is 2.54. The van der Waals surface area contributed by atoms with E-state index in [1.54, 1.807) is 16.7 Å². The van der Waals surface area contributed by atoms with Gasteiger partial charge in [-0.3, -0.25) is 14.6 Å². The van der Waals surface area contributed by atoms with Gasteiger partial charge in [-0.15, -0.1) is 11.8 Å². The smallest absolute Gasteiger partial charge is 0.407 e. The Morgan fingerprint density at radius 2 is 1.94 bits per heavy atom. The standard InChI is InChI=1S/C24H37N5O4S/c1-17(2)14-19(27-23(31)33-15-18-8-4-3-5-9-18)22-29-20(16-34-22)21(30)28(24(29)32)13-7-12-26-11-6-10-25/h3-5,8-9,17,19-20,22,26H,6-7,10-16,25H2,1-2H3,(H,27,31)/t19-,20-,22-/m0/s1. The molecule has 1 aromatic carbocycles. The van der Waals surface area contributed by atoms with Gasteiger partial charge < -0.3 is 21.1 Å². The minimum Gasteiger partial charge on any atom is -0.445 e. The topological polar surface area (TPSA) is 117 Å². The summed E-state index contributed by atoms with van der Waals surface area (Å²) in [7, 11) is 0. The molecular formula is C24H37N5O4S. The number of benzene rings is 1. The fourth-order valence-corrected chi connectivity index (χ4v) is 5.77. The fourth-order valence-electron chi connectivity index (χ4n) is 4.27. The zero-order valence-electron chi connectivity index (χ0n) is 20.1. The van der Waals surface area contributed by atoms with Crippen LogP contribution < -0.4 is 16.4 Å². The van der Waals surface area contributed by atoms with E-state index in [1.165, 1.54) is 4.90 Å². The maximum Gasteiger partial charge on any atom is 0.407 e. The molecule has 2 aliphatic heterocycles. The zero-order chi connectivity index (χ0) is 24.5. The minimum absolute atomic E-state index is 0.142. The van der Waals surface area contributed by atoms with E-state index in [9.17, 15) is 14.4 Å². The van der Waals surface area contributed by atoms with Crippen molar-refractivity contribution in [2.75, 3.05) is 31.9 Å². The summed E-state index contributed by atoms with van der Waals surface area (Å²) in [4.78, 5) is 41.7. The quantitative estimate of drug-likeness (QED) is 0.286. The Balaban J connectivity index is 1.58. The van der Waals surface area contributed by atoms with Crippen LogP contribution in [0.5, 0.6) is 0 Å². The van der Waals surface area contributed by atoms with Crippen LogP contribution >= 0.6 is 11.8 Å². The molecule has 2 saturated heterocycles. The number of hydrogen-bond donors (Lipinski definition) is 3. The molecule has 188 valence electrons. The van der Waals surface area contributed by atoms with Crippen LogP contribution in [0.15, 0.2) is 30.3 Å². The van der Waals surface area contributed by atoms with Crippen LogP contribution in [0.2, 0.25) is 0 Å². The van der Waals surface area contributed by atoms with Gasteiger partial charge in [0.2, 0.25) is 0 Å². The Labute approximate surface area is 206 Å². The summed E-state index contributed by atoms with van der Waals surface area (Å²) in [6, 6.07) is 8.45. The SMILES string of the molecule is CC(C)C[C@H](NC(=O)OCc1ccccc1)[C@@H]1SC[C@H]2C(=O)N(CCCNCCCN)C(=O)N21. The molecule has 10 heteroatoms. The van der Waals surface area contributed by atoms with E-state index >= 15 is 0 Å². The number of carbonyl (C=O) groups excluding carboxylic acids is 3. The normalized spacial score (nSPS) is 20.7. The number of hydrogen-bond acceptors (Lipinski definition) is 7. The third kappa shape index (κ3) is 6.86. The molecule has 34 heavy (non-hydrogen) atoms. The van der Waals surface area contributed by atoms with Crippen molar-refractivity contribution in [2.45, 2.75) is 57.2 Å². The van der Waals surface area contributed by atoms with Gasteiger partial charge in [-0.1, -0.05) is 44.2 Å². The van der Waals surface area contributed by atoms with E-state index in [4.69, 9.17) is 10.5 Å². The number of nitrogens with zero attached hydrogens (tertiary/aromatic N) is 2. The maximum atomic E-state index is 13.2. The Morgan fingerprint density at radius 3 is 2.65 bits per heavy atom. The lowest BCUT2D eigenvalue weighted by molar-refractivity contribution is -0.127. The molecule has 0 unspecified atom stereocenters. The minimum atomic E-state index is -0.517. The van der Waals surface area contributed by atoms with E-state index in [0.717, 1.165) is 25.1 Å². The second kappa shape index (κ2) is 13.0. The molecular weight excluding hydrogens is 454 g/mol. The number of urea groups is 1. The number of imide groups is 1. The Bertz CT molecular complexity index is 825. The predicted octanol–water partition coefficient (Wildman–Crippen LogP) is 2.36. The van der Waals surface area contributed by atoms with Crippen molar-refractivity contribution in [3.8, 4) is 0 Å². The lowest BCUT2D eigenvalue weighted by Crippen LogP contribution is -2.51. The van der Waals surface area contributed by atoms with Crippen molar-refractivity contribution >= 4 is 29.8 Å². The monoisotopic (exact) mass is 491 g/mol. The van der Waals surface area contributed by atoms with Crippen LogP contribution in [-0.4, -0.2) is 77.2 Å². The molecule has 4 N–H and O–H groups in total. The summed E-state index contributed by atoms with van der Waals surface area (Å²) in [6.45, 7) is 6.90. The number of carbonyl (C=O) groups is 3. The molecule has 0 spiro atoms. The number of alkyl carbamates (subject to hydrolysis) is 1. The number of nitrogens with two attached hydrogens (primary N) is 1. The number of ether oxygens (including phenoxy) is 1. The third-order valence-electron chi connectivity index (χ3n) is 5.92. The number of thioether (sulfide) groups is 1. The van der Waals surface area contributed by atoms with Crippen LogP contribution in [0.25, 0.3) is 0 Å². The van der Waals surface area contributed by atoms with Gasteiger partial charge in [0.25, 0.3) is 5.91 Å². The van der Waals surface area contributed by atoms with E-state index < -0.39 is 12.1 Å². The van der Waals surface area contributed by atoms with E-state index in [1.807, 2.05) is 30.3 Å². The van der Waals surface area contributed by atoms with Gasteiger partial charge in [-0.2, -0.15) is 0 Å². The van der Waals surface area contributed by atoms with Crippen LogP contribution in [0.1, 0.15) is 38.7 Å². The highest BCUT2D eigenvalue weighted by molar-refractivity contribution is 8.00. The summed E-state index contributed by atoms with van der Waals surface area (Å²) in [6.07, 6.45) is 1.75. The van der Waals surface area contributed by atoms with Crippen LogP contribution in [0.3, 0.4) is 0 Å². The van der Waals surface area contributed by atoms with Crippen molar-refractivity contribution in [1.82, 2.24) is 20.4 Å². The molecule has 0 aromatic heterocycles. The predicted molar refractivity (Wildman–Crippen MR) is 133 cm³/mol. The van der Waals surface area contributed by atoms with E-state index in [0.29, 0.717) is 37.6 Å². The Morgan fingerprint density at radius 1 is 1.21 bits per heavy atom. The zero-order valence-corrected chi connectivity index (χ0v) is 20.9. The van der Waals surface area contributed by atoms with Crippen molar-refractivity contribution in [2.24, 2.45) is 11.7 Å². The molecule has 3 rings (SSSR count). The lowest BCUT2D eigenvalue weighted by atomic mass is 10.0. The number of fused-ring (bicyclic) bond motifs is 1. The largest absolute Gasteiger partial charge is 0.445 e. The first-order valence-corrected chi connectivity index (χ1v) is 13.1. The van der Waals surface area contributed by atoms with Crippen molar-refractivity contribution in [1.29, 1.82) is 0 Å². The van der Waals surface area contributed by atoms with E-state index in [-0.39, 0.29) is 30.0 Å². The summed E-state index contributed by atoms with van der Waals surface area (Å²) >= 11 is 1.55. The first kappa shape index (κ1) is 26.3. The van der Waals surface area contributed by atoms with Crippen molar-refractivity contribution in [3.05, 3.63) is 35.9 Å². The fraction of sp³-hybridized carbons (Fsp3) is 0.625. The first-order valence-electron chi connectivity index (χ1n) is 12.1. The number of rotatable bonds is 13. The number of amides is 4. The van der Waals surface area contributed by atoms with Gasteiger partial charge in [0, 0.05) is 12.3 Å². The van der Waals surface area contributed by atoms with Gasteiger partial charge in [-0.05, 0) is 50.4 Å². The average Bonchev–Trinajstić information content (AvgIpc) is 3.35. The molecule has 2 heterocycles. The van der Waals surface area contributed by atoms with Gasteiger partial charge in [-0.25, -0.2) is 9.59 Å². The summed E-state index contributed by atoms with van der Waals surface area (Å²) in [5, 5.41) is 5.94. The van der Waals surface area contributed by atoms with Gasteiger partial charge >= 0.3 is 12.1 Å². The Kier molecular flexibility index (Phi) is 10.0. The molecule has 2 aliphatic rings. The van der Waals surface area contributed by atoms with E-state index in [2.05, 4.69) is 24.5 Å². The maximum absolute atomic E-state index is 13.2. The molecule has 0 saturated carbocycles. The molecule has 4 amide bonds. The Hall–Kier alpha value is -2.30. The van der Waals surface area contributed by atoms with Crippen molar-refractivity contribution < 1.29 is 19.1 Å². The molecule has 0 aliphatic carbocycles. The molecule has 9 nitrogen and oxygen atoms in total. The first-order chi connectivity index (χ1) is 16.4. The summed E-state index contributed by atoms with van der Waals surface area (Å²) < 4.78 is 5.42. The third-order valence-corrected chi connectivity index (χ3v) is 7.32. The molecule has 0 bridgehead atoms. The highest BCUT2D eigenvalue weighted by Crippen LogP contribution is 2.38. The molecule has 2 fully saturated rings. The molecule has 1 aromatic rings. The molecule has 3 atom stereocenters. The van der Waals surface area contributed by atoms with Crippen LogP contribution in [0, 0.1) is 5.92 Å². The average molecular weight is 492 g/mol. The lowest BCUT2D eigenvalue weighted by Gasteiger charge is -2.31. The van der Waals surface area contributed by atoms with Crippen molar-refractivity contribution in [3.63, 3.8) is 0 Å². The van der Waals surface area contributed by atoms with Crippen LogP contribution in [0.4, 0.5) is 9.59 Å². The summed E-state index contributed by atoms with van der Waals surface area (Å²) in [5.41, 5.74) is 6.40. The van der Waals surface area contributed by atoms with Gasteiger partial charge in [0.05, 0.1) is 6.04 Å². The molecule has 0 radical (unpaired) electrons. The van der Waals surface area contributed by atoms with Gasteiger partial charge in [0.15, 0.2) is 0 Å². The highest BCUT2D eigenvalue weighted by atomic mass is 32.2. The number of nitrogens with one attached hydrogen (secondary N) is 2. The summed E-state index contributed by atoms with van der Waals surface area (Å²) in [5.74, 6) is 0.690.